The molecule has 0 aromatic heterocycles. The first-order valence-corrected chi connectivity index (χ1v) is 6.52. The molecule has 0 heterocycles. The van der Waals surface area contributed by atoms with Gasteiger partial charge in [0.1, 0.15) is 0 Å². The molecule has 1 unspecified atom stereocenters. The Bertz CT molecular complexity index is 157. The molecule has 0 amide bonds. The monoisotopic (exact) mass is 232 g/mol. The number of unbranched alkanes of at least 4 members (excludes halogenated alkanes) is 2. The lowest BCUT2D eigenvalue weighted by Gasteiger charge is -2.13. The van der Waals surface area contributed by atoms with Crippen molar-refractivity contribution in [2.24, 2.45) is 5.92 Å². The molecule has 0 N–H and O–H groups in total. The molecular weight excluding hydrogens is 208 g/mol. The molecule has 1 nitrogen and oxygen atoms in total. The van der Waals surface area contributed by atoms with E-state index >= 15 is 0 Å². The maximum absolute atomic E-state index is 5.91. The predicted molar refractivity (Wildman–Crippen MR) is 68.6 cm³/mol. The van der Waals surface area contributed by atoms with Gasteiger partial charge < -0.3 is 4.74 Å². The molecule has 0 aromatic rings. The number of halogens is 1. The molecule has 15 heavy (non-hydrogen) atoms. The Hall–Kier alpha value is -0.0100. The molecule has 1 atom stereocenters. The van der Waals surface area contributed by atoms with Crippen molar-refractivity contribution < 1.29 is 4.74 Å². The maximum Gasteiger partial charge on any atom is 0.0671 e. The van der Waals surface area contributed by atoms with Crippen LogP contribution in [0.5, 0.6) is 0 Å². The highest BCUT2D eigenvalue weighted by Crippen LogP contribution is 2.15. The van der Waals surface area contributed by atoms with E-state index in [1.807, 2.05) is 6.92 Å². The van der Waals surface area contributed by atoms with Crippen LogP contribution in [0, 0.1) is 5.92 Å². The van der Waals surface area contributed by atoms with Crippen LogP contribution >= 0.6 is 11.6 Å². The van der Waals surface area contributed by atoms with Gasteiger partial charge in [-0.25, -0.2) is 0 Å². The summed E-state index contributed by atoms with van der Waals surface area (Å²) in [6.07, 6.45) is 6.23. The lowest BCUT2D eigenvalue weighted by Crippen LogP contribution is -2.08. The molecule has 0 aliphatic carbocycles. The Labute approximate surface area is 99.8 Å². The molecule has 90 valence electrons. The fourth-order valence-electron chi connectivity index (χ4n) is 1.48. The SMILES string of the molecule is C=C(C)COCCC(CCl)CCCCC. The first-order chi connectivity index (χ1) is 7.20. The second-order valence-corrected chi connectivity index (χ2v) is 4.62. The van der Waals surface area contributed by atoms with Crippen molar-refractivity contribution in [2.75, 3.05) is 19.1 Å². The second kappa shape index (κ2) is 10.5. The average molecular weight is 233 g/mol. The lowest BCUT2D eigenvalue weighted by molar-refractivity contribution is 0.141. The van der Waals surface area contributed by atoms with Gasteiger partial charge in [0.15, 0.2) is 0 Å². The second-order valence-electron chi connectivity index (χ2n) is 4.31. The van der Waals surface area contributed by atoms with E-state index in [2.05, 4.69) is 13.5 Å². The number of alkyl halides is 1. The van der Waals surface area contributed by atoms with E-state index in [9.17, 15) is 0 Å². The summed E-state index contributed by atoms with van der Waals surface area (Å²) >= 11 is 5.91. The summed E-state index contributed by atoms with van der Waals surface area (Å²) in [5.74, 6) is 1.39. The van der Waals surface area contributed by atoms with Crippen molar-refractivity contribution in [1.82, 2.24) is 0 Å². The third-order valence-corrected chi connectivity index (χ3v) is 2.89. The zero-order valence-corrected chi connectivity index (χ0v) is 11.0. The van der Waals surface area contributed by atoms with Gasteiger partial charge in [0.2, 0.25) is 0 Å². The normalized spacial score (nSPS) is 12.7. The third kappa shape index (κ3) is 10.3. The van der Waals surface area contributed by atoms with E-state index in [-0.39, 0.29) is 0 Å². The highest BCUT2D eigenvalue weighted by Gasteiger charge is 2.06. The summed E-state index contributed by atoms with van der Waals surface area (Å²) < 4.78 is 5.48. The Morgan fingerprint density at radius 2 is 2.07 bits per heavy atom. The van der Waals surface area contributed by atoms with Gasteiger partial charge in [0, 0.05) is 12.5 Å². The van der Waals surface area contributed by atoms with Gasteiger partial charge in [-0.15, -0.1) is 11.6 Å². The van der Waals surface area contributed by atoms with Gasteiger partial charge in [0.05, 0.1) is 6.61 Å². The maximum atomic E-state index is 5.91. The van der Waals surface area contributed by atoms with Gasteiger partial charge in [-0.2, -0.15) is 0 Å². The number of hydrogen-bond donors (Lipinski definition) is 0. The van der Waals surface area contributed by atoms with Crippen molar-refractivity contribution >= 4 is 11.6 Å². The van der Waals surface area contributed by atoms with Gasteiger partial charge in [-0.1, -0.05) is 38.3 Å². The number of rotatable bonds is 10. The molecule has 0 saturated heterocycles. The van der Waals surface area contributed by atoms with Crippen molar-refractivity contribution in [3.63, 3.8) is 0 Å². The van der Waals surface area contributed by atoms with Gasteiger partial charge in [-0.05, 0) is 25.7 Å². The van der Waals surface area contributed by atoms with Crippen LogP contribution in [0.2, 0.25) is 0 Å². The Balaban J connectivity index is 3.39. The van der Waals surface area contributed by atoms with Crippen LogP contribution in [-0.4, -0.2) is 19.1 Å². The molecule has 0 bridgehead atoms. The molecule has 0 radical (unpaired) electrons. The van der Waals surface area contributed by atoms with E-state index in [0.29, 0.717) is 12.5 Å². The third-order valence-electron chi connectivity index (χ3n) is 2.45. The van der Waals surface area contributed by atoms with Gasteiger partial charge >= 0.3 is 0 Å². The van der Waals surface area contributed by atoms with E-state index in [4.69, 9.17) is 16.3 Å². The first-order valence-electron chi connectivity index (χ1n) is 5.98. The molecule has 0 rings (SSSR count). The summed E-state index contributed by atoms with van der Waals surface area (Å²) in [5, 5.41) is 0. The highest BCUT2D eigenvalue weighted by atomic mass is 35.5. The molecule has 0 aliphatic heterocycles. The van der Waals surface area contributed by atoms with Crippen LogP contribution in [0.4, 0.5) is 0 Å². The molecule has 0 aromatic carbocycles. The minimum Gasteiger partial charge on any atom is -0.377 e. The summed E-state index contributed by atoms with van der Waals surface area (Å²) in [5.41, 5.74) is 1.09. The summed E-state index contributed by atoms with van der Waals surface area (Å²) in [7, 11) is 0. The minimum atomic E-state index is 0.628. The smallest absolute Gasteiger partial charge is 0.0671 e. The van der Waals surface area contributed by atoms with Crippen LogP contribution in [-0.2, 0) is 4.74 Å². The van der Waals surface area contributed by atoms with Crippen LogP contribution in [0.25, 0.3) is 0 Å². The molecule has 0 spiro atoms. The fourth-order valence-corrected chi connectivity index (χ4v) is 1.79. The zero-order valence-electron chi connectivity index (χ0n) is 10.2. The van der Waals surface area contributed by atoms with Crippen LogP contribution in [0.3, 0.4) is 0 Å². The van der Waals surface area contributed by atoms with E-state index in [1.165, 1.54) is 25.7 Å². The lowest BCUT2D eigenvalue weighted by atomic mass is 10.0. The summed E-state index contributed by atoms with van der Waals surface area (Å²) in [6, 6.07) is 0. The molecule has 0 saturated carbocycles. The van der Waals surface area contributed by atoms with Crippen molar-refractivity contribution in [3.8, 4) is 0 Å². The van der Waals surface area contributed by atoms with E-state index < -0.39 is 0 Å². The van der Waals surface area contributed by atoms with Crippen molar-refractivity contribution in [3.05, 3.63) is 12.2 Å². The van der Waals surface area contributed by atoms with Gasteiger partial charge in [0.25, 0.3) is 0 Å². The van der Waals surface area contributed by atoms with Crippen LogP contribution < -0.4 is 0 Å². The number of hydrogen-bond acceptors (Lipinski definition) is 1. The highest BCUT2D eigenvalue weighted by molar-refractivity contribution is 6.18. The summed E-state index contributed by atoms with van der Waals surface area (Å²) in [4.78, 5) is 0. The first kappa shape index (κ1) is 15.0. The molecular formula is C13H25ClO. The standard InChI is InChI=1S/C13H25ClO/c1-4-5-6-7-13(10-14)8-9-15-11-12(2)3/h13H,2,4-11H2,1,3H3. The number of ether oxygens (including phenoxy) is 1. The fraction of sp³-hybridized carbons (Fsp3) is 0.846. The predicted octanol–water partition coefficient (Wildman–Crippen LogP) is 4.40. The Morgan fingerprint density at radius 1 is 1.33 bits per heavy atom. The van der Waals surface area contributed by atoms with Gasteiger partial charge in [-0.3, -0.25) is 0 Å². The molecule has 0 fully saturated rings. The van der Waals surface area contributed by atoms with Crippen molar-refractivity contribution in [2.45, 2.75) is 46.0 Å². The molecule has 2 heteroatoms. The minimum absolute atomic E-state index is 0.628. The van der Waals surface area contributed by atoms with E-state index in [1.54, 1.807) is 0 Å². The topological polar surface area (TPSA) is 9.23 Å². The van der Waals surface area contributed by atoms with E-state index in [0.717, 1.165) is 24.5 Å². The quantitative estimate of drug-likeness (QED) is 0.308. The Kier molecular flexibility index (Phi) is 10.5. The van der Waals surface area contributed by atoms with Crippen molar-refractivity contribution in [1.29, 1.82) is 0 Å². The average Bonchev–Trinajstić information content (AvgIpc) is 2.21. The van der Waals surface area contributed by atoms with Crippen LogP contribution in [0.1, 0.15) is 46.0 Å². The largest absolute Gasteiger partial charge is 0.377 e. The zero-order chi connectivity index (χ0) is 11.5. The molecule has 0 aliphatic rings. The Morgan fingerprint density at radius 3 is 2.60 bits per heavy atom. The van der Waals surface area contributed by atoms with Crippen LogP contribution in [0.15, 0.2) is 12.2 Å². The summed E-state index contributed by atoms with van der Waals surface area (Å²) in [6.45, 7) is 9.52.